The largest absolute Gasteiger partial charge is 0.481 e. The van der Waals surface area contributed by atoms with E-state index < -0.39 is 23.3 Å². The van der Waals surface area contributed by atoms with E-state index in [4.69, 9.17) is 4.74 Å². The molecule has 0 radical (unpaired) electrons. The summed E-state index contributed by atoms with van der Waals surface area (Å²) in [6.45, 7) is 0.552. The van der Waals surface area contributed by atoms with Gasteiger partial charge < -0.3 is 10.1 Å². The molecule has 2 aromatic rings. The van der Waals surface area contributed by atoms with Gasteiger partial charge in [0.25, 0.3) is 11.8 Å². The fraction of sp³-hybridized carbons (Fsp3) is 0.286. The summed E-state index contributed by atoms with van der Waals surface area (Å²) in [4.78, 5) is 22.9. The average molecular weight is 326 g/mol. The van der Waals surface area contributed by atoms with Gasteiger partial charge in [0.05, 0.1) is 18.2 Å². The van der Waals surface area contributed by atoms with E-state index in [-0.39, 0.29) is 18.0 Å². The molecular weight excluding hydrogens is 313 g/mol. The van der Waals surface area contributed by atoms with Crippen molar-refractivity contribution < 1.29 is 22.7 Å². The zero-order chi connectivity index (χ0) is 17.0. The number of nitrogens with one attached hydrogen (secondary N) is 1. The van der Waals surface area contributed by atoms with Gasteiger partial charge in [-0.25, -0.2) is 14.4 Å². The summed E-state index contributed by atoms with van der Waals surface area (Å²) in [6.07, 6.45) is 3.63. The summed E-state index contributed by atoms with van der Waals surface area (Å²) < 4.78 is 44.8. The van der Waals surface area contributed by atoms with Crippen LogP contribution in [0, 0.1) is 5.82 Å². The number of nitrogens with zero attached hydrogens (tertiary/aromatic N) is 3. The van der Waals surface area contributed by atoms with Crippen molar-refractivity contribution >= 4 is 5.91 Å². The number of hydrogen-bond donors (Lipinski definition) is 1. The van der Waals surface area contributed by atoms with Gasteiger partial charge in [0.1, 0.15) is 12.0 Å². The number of hydrogen-bond acceptors (Lipinski definition) is 5. The third-order valence-corrected chi connectivity index (χ3v) is 2.90. The summed E-state index contributed by atoms with van der Waals surface area (Å²) in [6, 6.07) is 0.716. The highest BCUT2D eigenvalue weighted by Gasteiger charge is 2.30. The molecule has 122 valence electrons. The van der Waals surface area contributed by atoms with E-state index >= 15 is 0 Å². The Labute approximate surface area is 129 Å². The Morgan fingerprint density at radius 1 is 1.35 bits per heavy atom. The second kappa shape index (κ2) is 6.59. The number of ether oxygens (including phenoxy) is 1. The second-order valence-corrected chi connectivity index (χ2v) is 4.68. The molecule has 2 aromatic heterocycles. The summed E-state index contributed by atoms with van der Waals surface area (Å²) in [5.41, 5.74) is -0.674. The molecular formula is C14H13F3N4O2. The predicted molar refractivity (Wildman–Crippen MR) is 73.5 cm³/mol. The molecule has 0 bridgehead atoms. The second-order valence-electron chi connectivity index (χ2n) is 4.68. The summed E-state index contributed by atoms with van der Waals surface area (Å²) in [5, 5.41) is 2.48. The molecule has 0 aliphatic heterocycles. The molecule has 0 aliphatic rings. The number of halogens is 3. The van der Waals surface area contributed by atoms with Gasteiger partial charge in [-0.05, 0) is 6.07 Å². The molecule has 0 atom stereocenters. The van der Waals surface area contributed by atoms with Gasteiger partial charge in [0.2, 0.25) is 5.88 Å². The van der Waals surface area contributed by atoms with E-state index in [0.717, 1.165) is 6.20 Å². The maximum absolute atomic E-state index is 13.6. The van der Waals surface area contributed by atoms with Crippen molar-refractivity contribution in [3.05, 3.63) is 47.4 Å². The Morgan fingerprint density at radius 3 is 2.70 bits per heavy atom. The maximum Gasteiger partial charge on any atom is 0.289 e. The molecule has 0 unspecified atom stereocenters. The Kier molecular flexibility index (Phi) is 4.77. The van der Waals surface area contributed by atoms with Crippen LogP contribution in [-0.2, 0) is 12.5 Å². The van der Waals surface area contributed by atoms with Crippen LogP contribution in [0.5, 0.6) is 5.88 Å². The number of carbonyl (C=O) groups is 1. The predicted octanol–water partition coefficient (Wildman–Crippen LogP) is 2.06. The zero-order valence-corrected chi connectivity index (χ0v) is 12.3. The van der Waals surface area contributed by atoms with Gasteiger partial charge in [-0.15, -0.1) is 0 Å². The van der Waals surface area contributed by atoms with Crippen LogP contribution in [0.2, 0.25) is 0 Å². The highest BCUT2D eigenvalue weighted by atomic mass is 19.3. The first-order chi connectivity index (χ1) is 10.8. The molecule has 0 aliphatic carbocycles. The number of aromatic nitrogens is 3. The minimum atomic E-state index is -3.42. The van der Waals surface area contributed by atoms with Crippen LogP contribution in [0.4, 0.5) is 13.2 Å². The molecule has 6 nitrogen and oxygen atoms in total. The van der Waals surface area contributed by atoms with Gasteiger partial charge in [0.15, 0.2) is 5.82 Å². The molecule has 0 saturated heterocycles. The minimum Gasteiger partial charge on any atom is -0.481 e. The van der Waals surface area contributed by atoms with Crippen LogP contribution in [0.1, 0.15) is 28.5 Å². The lowest BCUT2D eigenvalue weighted by Crippen LogP contribution is -2.24. The van der Waals surface area contributed by atoms with E-state index in [1.807, 2.05) is 0 Å². The van der Waals surface area contributed by atoms with Crippen molar-refractivity contribution in [2.24, 2.45) is 0 Å². The molecule has 2 rings (SSSR count). The van der Waals surface area contributed by atoms with E-state index in [0.29, 0.717) is 18.6 Å². The van der Waals surface area contributed by atoms with Crippen molar-refractivity contribution in [3.8, 4) is 5.88 Å². The Morgan fingerprint density at radius 2 is 2.09 bits per heavy atom. The number of alkyl halides is 2. The normalized spacial score (nSPS) is 11.2. The molecule has 23 heavy (non-hydrogen) atoms. The number of pyridine rings is 1. The third-order valence-electron chi connectivity index (χ3n) is 2.90. The smallest absolute Gasteiger partial charge is 0.289 e. The molecule has 0 spiro atoms. The van der Waals surface area contributed by atoms with Crippen molar-refractivity contribution in [2.75, 3.05) is 7.11 Å². The van der Waals surface area contributed by atoms with Crippen molar-refractivity contribution in [1.82, 2.24) is 20.3 Å². The molecule has 0 saturated carbocycles. The lowest BCUT2D eigenvalue weighted by Gasteiger charge is -2.12. The maximum atomic E-state index is 13.6. The fourth-order valence-corrected chi connectivity index (χ4v) is 1.81. The van der Waals surface area contributed by atoms with E-state index in [2.05, 4.69) is 20.3 Å². The molecule has 9 heteroatoms. The highest BCUT2D eigenvalue weighted by molar-refractivity contribution is 5.93. The van der Waals surface area contributed by atoms with Crippen LogP contribution in [0.25, 0.3) is 0 Å². The van der Waals surface area contributed by atoms with Crippen LogP contribution in [-0.4, -0.2) is 28.0 Å². The summed E-state index contributed by atoms with van der Waals surface area (Å²) in [7, 11) is 1.41. The first kappa shape index (κ1) is 16.7. The Bertz CT molecular complexity index is 719. The van der Waals surface area contributed by atoms with E-state index in [1.54, 1.807) is 0 Å². The van der Waals surface area contributed by atoms with Gasteiger partial charge in [0, 0.05) is 25.9 Å². The summed E-state index contributed by atoms with van der Waals surface area (Å²) >= 11 is 0. The number of rotatable bonds is 5. The quantitative estimate of drug-likeness (QED) is 0.910. The third kappa shape index (κ3) is 3.93. The fourth-order valence-electron chi connectivity index (χ4n) is 1.81. The van der Waals surface area contributed by atoms with E-state index in [9.17, 15) is 18.0 Å². The number of amides is 1. The van der Waals surface area contributed by atoms with Crippen molar-refractivity contribution in [3.63, 3.8) is 0 Å². The average Bonchev–Trinajstić information content (AvgIpc) is 2.51. The molecule has 1 N–H and O–H groups in total. The number of carbonyl (C=O) groups excluding carboxylic acids is 1. The van der Waals surface area contributed by atoms with Crippen LogP contribution < -0.4 is 10.1 Å². The highest BCUT2D eigenvalue weighted by Crippen LogP contribution is 2.27. The minimum absolute atomic E-state index is 0.0240. The van der Waals surface area contributed by atoms with Crippen LogP contribution in [0.15, 0.2) is 24.8 Å². The van der Waals surface area contributed by atoms with Gasteiger partial charge in [-0.2, -0.15) is 8.78 Å². The van der Waals surface area contributed by atoms with Crippen LogP contribution >= 0.6 is 0 Å². The van der Waals surface area contributed by atoms with Crippen molar-refractivity contribution in [2.45, 2.75) is 19.4 Å². The first-order valence-corrected chi connectivity index (χ1v) is 6.48. The standard InChI is InChI=1S/C14H13F3N4O2/c1-14(16,17)11-10(15)3-8(5-19-11)12(22)20-6-9-4-18-7-21-13(9)23-2/h3-5,7H,6H2,1-2H3,(H,20,22). The van der Waals surface area contributed by atoms with Gasteiger partial charge in [-0.1, -0.05) is 0 Å². The van der Waals surface area contributed by atoms with Gasteiger partial charge >= 0.3 is 0 Å². The molecule has 1 amide bonds. The molecule has 0 aromatic carbocycles. The first-order valence-electron chi connectivity index (χ1n) is 6.48. The Hall–Kier alpha value is -2.71. The number of methoxy groups -OCH3 is 1. The molecule has 0 fully saturated rings. The van der Waals surface area contributed by atoms with Crippen LogP contribution in [0.3, 0.4) is 0 Å². The van der Waals surface area contributed by atoms with Crippen molar-refractivity contribution in [1.29, 1.82) is 0 Å². The SMILES string of the molecule is COc1ncncc1CNC(=O)c1cnc(C(C)(F)F)c(F)c1. The zero-order valence-electron chi connectivity index (χ0n) is 12.3. The topological polar surface area (TPSA) is 77.0 Å². The van der Waals surface area contributed by atoms with E-state index in [1.165, 1.54) is 19.6 Å². The lowest BCUT2D eigenvalue weighted by molar-refractivity contribution is 0.00868. The monoisotopic (exact) mass is 326 g/mol. The van der Waals surface area contributed by atoms with Gasteiger partial charge in [-0.3, -0.25) is 9.78 Å². The summed E-state index contributed by atoms with van der Waals surface area (Å²) in [5.74, 6) is -5.06. The molecule has 2 heterocycles. The lowest BCUT2D eigenvalue weighted by atomic mass is 10.2. The Balaban J connectivity index is 2.11.